The molecule has 0 fully saturated rings. The van der Waals surface area contributed by atoms with Gasteiger partial charge in [0, 0.05) is 0 Å². The average Bonchev–Trinajstić information content (AvgIpc) is 3.07. The summed E-state index contributed by atoms with van der Waals surface area (Å²) in [7, 11) is -3.63. The smallest absolute Gasteiger partial charge is 0.258 e. The molecule has 104 valence electrons. The lowest BCUT2D eigenvalue weighted by Crippen LogP contribution is -2.27. The number of sulfonamides is 1. The maximum absolute atomic E-state index is 12.1. The van der Waals surface area contributed by atoms with Crippen LogP contribution in [0.25, 0.3) is 11.0 Å². The average molecular weight is 291 g/mol. The van der Waals surface area contributed by atoms with Gasteiger partial charge in [0.2, 0.25) is 0 Å². The summed E-state index contributed by atoms with van der Waals surface area (Å²) in [5, 5.41) is 6.09. The first kappa shape index (κ1) is 12.8. The summed E-state index contributed by atoms with van der Waals surface area (Å²) < 4.78 is 26.7. The topological polar surface area (TPSA) is 104 Å². The lowest BCUT2D eigenvalue weighted by Gasteiger charge is -2.10. The fraction of sp³-hybridized carbons (Fsp3) is 0.167. The van der Waals surface area contributed by atoms with Crippen LogP contribution in [0.2, 0.25) is 0 Å². The Morgan fingerprint density at radius 3 is 2.75 bits per heavy atom. The van der Waals surface area contributed by atoms with E-state index in [4.69, 9.17) is 0 Å². The molecule has 20 heavy (non-hydrogen) atoms. The second-order valence-electron chi connectivity index (χ2n) is 4.40. The number of hydrogen-bond donors (Lipinski definition) is 3. The van der Waals surface area contributed by atoms with Crippen LogP contribution >= 0.6 is 0 Å². The van der Waals surface area contributed by atoms with Crippen molar-refractivity contribution in [2.24, 2.45) is 0 Å². The Labute approximate surface area is 115 Å². The minimum Gasteiger partial charge on any atom is -0.341 e. The van der Waals surface area contributed by atoms with Crippen LogP contribution in [0.3, 0.4) is 0 Å². The number of benzene rings is 1. The van der Waals surface area contributed by atoms with Gasteiger partial charge in [0.15, 0.2) is 5.03 Å². The van der Waals surface area contributed by atoms with Gasteiger partial charge >= 0.3 is 0 Å². The molecule has 3 rings (SSSR count). The molecule has 0 aliphatic heterocycles. The highest BCUT2D eigenvalue weighted by Gasteiger charge is 2.21. The fourth-order valence-electron chi connectivity index (χ4n) is 1.92. The molecule has 8 heteroatoms. The molecule has 7 nitrogen and oxygen atoms in total. The zero-order valence-corrected chi connectivity index (χ0v) is 11.5. The quantitative estimate of drug-likeness (QED) is 0.674. The molecule has 0 bridgehead atoms. The summed E-state index contributed by atoms with van der Waals surface area (Å²) in [6.07, 6.45) is 1.39. The van der Waals surface area contributed by atoms with E-state index in [9.17, 15) is 8.42 Å². The first-order chi connectivity index (χ1) is 9.56. The van der Waals surface area contributed by atoms with E-state index in [1.807, 2.05) is 24.3 Å². The Morgan fingerprint density at radius 1 is 1.25 bits per heavy atom. The maximum Gasteiger partial charge on any atom is 0.258 e. The highest BCUT2D eigenvalue weighted by atomic mass is 32.2. The van der Waals surface area contributed by atoms with Gasteiger partial charge in [0.05, 0.1) is 23.3 Å². The third kappa shape index (κ3) is 2.30. The van der Waals surface area contributed by atoms with E-state index < -0.39 is 16.1 Å². The monoisotopic (exact) mass is 291 g/mol. The normalized spacial score (nSPS) is 13.7. The van der Waals surface area contributed by atoms with Gasteiger partial charge in [-0.3, -0.25) is 5.10 Å². The molecule has 3 aromatic rings. The minimum atomic E-state index is -3.63. The fourth-order valence-corrected chi connectivity index (χ4v) is 3.04. The minimum absolute atomic E-state index is 0.0282. The molecule has 0 spiro atoms. The molecule has 1 aromatic carbocycles. The van der Waals surface area contributed by atoms with Crippen LogP contribution in [0, 0.1) is 0 Å². The molecule has 3 N–H and O–H groups in total. The lowest BCUT2D eigenvalue weighted by atomic mass is 10.3. The number of rotatable bonds is 4. The van der Waals surface area contributed by atoms with Crippen molar-refractivity contribution in [3.63, 3.8) is 0 Å². The molecule has 1 unspecified atom stereocenters. The molecular formula is C12H13N5O2S. The molecule has 0 aliphatic rings. The van der Waals surface area contributed by atoms with Crippen LogP contribution in [-0.4, -0.2) is 28.6 Å². The maximum atomic E-state index is 12.1. The van der Waals surface area contributed by atoms with Crippen LogP contribution in [0.15, 0.2) is 41.6 Å². The number of aromatic nitrogens is 4. The number of para-hydroxylation sites is 2. The Balaban J connectivity index is 1.88. The highest BCUT2D eigenvalue weighted by Crippen LogP contribution is 2.17. The van der Waals surface area contributed by atoms with Gasteiger partial charge in [-0.1, -0.05) is 12.1 Å². The number of H-pyrrole nitrogens is 2. The van der Waals surface area contributed by atoms with Gasteiger partial charge in [-0.25, -0.2) is 13.4 Å². The Morgan fingerprint density at radius 2 is 2.05 bits per heavy atom. The third-order valence-corrected chi connectivity index (χ3v) is 4.38. The molecule has 0 saturated carbocycles. The number of hydrogen-bond acceptors (Lipinski definition) is 4. The predicted molar refractivity (Wildman–Crippen MR) is 73.4 cm³/mol. The van der Waals surface area contributed by atoms with Crippen LogP contribution < -0.4 is 4.72 Å². The second kappa shape index (κ2) is 4.73. The summed E-state index contributed by atoms with van der Waals surface area (Å²) in [6, 6.07) is 8.45. The summed E-state index contributed by atoms with van der Waals surface area (Å²) in [6.45, 7) is 1.73. The van der Waals surface area contributed by atoms with E-state index in [1.54, 1.807) is 6.92 Å². The zero-order chi connectivity index (χ0) is 14.2. The van der Waals surface area contributed by atoms with Crippen molar-refractivity contribution < 1.29 is 8.42 Å². The van der Waals surface area contributed by atoms with Crippen molar-refractivity contribution in [3.8, 4) is 0 Å². The molecule has 0 saturated heterocycles. The summed E-state index contributed by atoms with van der Waals surface area (Å²) in [5.74, 6) is 0.564. The van der Waals surface area contributed by atoms with Crippen molar-refractivity contribution in [1.82, 2.24) is 24.9 Å². The van der Waals surface area contributed by atoms with Crippen LogP contribution in [0.4, 0.5) is 0 Å². The summed E-state index contributed by atoms with van der Waals surface area (Å²) >= 11 is 0. The lowest BCUT2D eigenvalue weighted by molar-refractivity contribution is 0.557. The van der Waals surface area contributed by atoms with Crippen LogP contribution in [0.5, 0.6) is 0 Å². The van der Waals surface area contributed by atoms with Gasteiger partial charge < -0.3 is 4.98 Å². The Hall–Kier alpha value is -2.19. The molecule has 2 heterocycles. The Kier molecular flexibility index (Phi) is 3.03. The number of nitrogens with one attached hydrogen (secondary N) is 3. The first-order valence-electron chi connectivity index (χ1n) is 6.02. The van der Waals surface area contributed by atoms with Crippen molar-refractivity contribution in [1.29, 1.82) is 0 Å². The Bertz CT molecular complexity index is 790. The van der Waals surface area contributed by atoms with Gasteiger partial charge in [-0.2, -0.15) is 9.82 Å². The van der Waals surface area contributed by atoms with Gasteiger partial charge in [-0.05, 0) is 25.1 Å². The van der Waals surface area contributed by atoms with E-state index in [2.05, 4.69) is 24.9 Å². The van der Waals surface area contributed by atoms with Gasteiger partial charge in [0.25, 0.3) is 10.0 Å². The van der Waals surface area contributed by atoms with Crippen LogP contribution in [-0.2, 0) is 10.0 Å². The van der Waals surface area contributed by atoms with Gasteiger partial charge in [-0.15, -0.1) is 0 Å². The summed E-state index contributed by atoms with van der Waals surface area (Å²) in [5.41, 5.74) is 1.67. The summed E-state index contributed by atoms with van der Waals surface area (Å²) in [4.78, 5) is 7.47. The molecular weight excluding hydrogens is 278 g/mol. The van der Waals surface area contributed by atoms with E-state index in [1.165, 1.54) is 12.3 Å². The van der Waals surface area contributed by atoms with Gasteiger partial charge in [0.1, 0.15) is 5.82 Å². The number of nitrogens with zero attached hydrogens (tertiary/aromatic N) is 2. The van der Waals surface area contributed by atoms with Crippen molar-refractivity contribution in [2.45, 2.75) is 18.0 Å². The van der Waals surface area contributed by atoms with E-state index >= 15 is 0 Å². The van der Waals surface area contributed by atoms with Crippen molar-refractivity contribution in [2.75, 3.05) is 0 Å². The zero-order valence-electron chi connectivity index (χ0n) is 10.7. The number of imidazole rings is 1. The highest BCUT2D eigenvalue weighted by molar-refractivity contribution is 7.89. The van der Waals surface area contributed by atoms with Crippen LogP contribution in [0.1, 0.15) is 18.8 Å². The number of aromatic amines is 2. The third-order valence-electron chi connectivity index (χ3n) is 2.91. The largest absolute Gasteiger partial charge is 0.341 e. The standard InChI is InChI=1S/C12H13N5O2S/c1-8(17-20(18,19)11-6-7-13-16-11)12-14-9-4-2-3-5-10(9)15-12/h2-8,17H,1H3,(H,13,16)(H,14,15). The number of fused-ring (bicyclic) bond motifs is 1. The van der Waals surface area contributed by atoms with E-state index in [0.29, 0.717) is 5.82 Å². The molecule has 0 amide bonds. The molecule has 1 atom stereocenters. The van der Waals surface area contributed by atoms with E-state index in [0.717, 1.165) is 11.0 Å². The molecule has 2 aromatic heterocycles. The molecule has 0 radical (unpaired) electrons. The van der Waals surface area contributed by atoms with Crippen molar-refractivity contribution >= 4 is 21.1 Å². The second-order valence-corrected chi connectivity index (χ2v) is 6.09. The SMILES string of the molecule is CC(NS(=O)(=O)c1ccn[nH]1)c1nc2ccccc2[nH]1. The van der Waals surface area contributed by atoms with Crippen molar-refractivity contribution in [3.05, 3.63) is 42.4 Å². The first-order valence-corrected chi connectivity index (χ1v) is 7.51. The molecule has 0 aliphatic carbocycles. The van der Waals surface area contributed by atoms with E-state index in [-0.39, 0.29) is 5.03 Å². The predicted octanol–water partition coefficient (Wildman–Crippen LogP) is 1.33.